The number of benzene rings is 1. The summed E-state index contributed by atoms with van der Waals surface area (Å²) in [6.07, 6.45) is 1.51. The van der Waals surface area contributed by atoms with Crippen LogP contribution >= 0.6 is 0 Å². The summed E-state index contributed by atoms with van der Waals surface area (Å²) in [5.74, 6) is 0.0630. The molecule has 2 aromatic rings. The molecule has 1 aromatic heterocycles. The van der Waals surface area contributed by atoms with Crippen LogP contribution in [0.15, 0.2) is 51.9 Å². The number of carbonyl (C=O) groups excluding carboxylic acids is 1. The molecule has 0 saturated heterocycles. The first-order valence-electron chi connectivity index (χ1n) is 7.28. The Morgan fingerprint density at radius 2 is 2.04 bits per heavy atom. The van der Waals surface area contributed by atoms with Crippen LogP contribution in [0.3, 0.4) is 0 Å². The highest BCUT2D eigenvalue weighted by Crippen LogP contribution is 2.35. The lowest BCUT2D eigenvalue weighted by Gasteiger charge is -2.28. The van der Waals surface area contributed by atoms with Gasteiger partial charge in [-0.15, -0.1) is 4.40 Å². The summed E-state index contributed by atoms with van der Waals surface area (Å²) in [6.45, 7) is 3.58. The van der Waals surface area contributed by atoms with E-state index < -0.39 is 16.0 Å². The van der Waals surface area contributed by atoms with Gasteiger partial charge in [0.25, 0.3) is 10.0 Å². The number of sulfonamides is 1. The van der Waals surface area contributed by atoms with E-state index >= 15 is 0 Å². The van der Waals surface area contributed by atoms with Crippen LogP contribution in [0.2, 0.25) is 0 Å². The molecule has 0 N–H and O–H groups in total. The number of nitrogens with zero attached hydrogens (tertiary/aromatic N) is 3. The molecule has 1 aromatic carbocycles. The third-order valence-corrected chi connectivity index (χ3v) is 4.81. The van der Waals surface area contributed by atoms with Gasteiger partial charge in [0.05, 0.1) is 12.2 Å². The standard InChI is InChI=1S/C16H15N3O4S/c1-3-23-16(20)12-6-4-7-13(10-12)19-11(2)18-24(21,22)14-8-5-9-17-15(14)19/h4-10H,3H2,1-2H3. The highest BCUT2D eigenvalue weighted by molar-refractivity contribution is 7.90. The van der Waals surface area contributed by atoms with Gasteiger partial charge in [-0.05, 0) is 44.2 Å². The SMILES string of the molecule is CCOC(=O)c1cccc(N2C(C)=NS(=O)(=O)c3cccnc32)c1. The normalized spacial score (nSPS) is 15.4. The second-order valence-corrected chi connectivity index (χ2v) is 6.62. The lowest BCUT2D eigenvalue weighted by atomic mass is 10.2. The Labute approximate surface area is 139 Å². The van der Waals surface area contributed by atoms with Crippen LogP contribution in [0.5, 0.6) is 0 Å². The minimum Gasteiger partial charge on any atom is -0.462 e. The van der Waals surface area contributed by atoms with E-state index in [0.717, 1.165) is 0 Å². The monoisotopic (exact) mass is 345 g/mol. The number of rotatable bonds is 3. The van der Waals surface area contributed by atoms with Gasteiger partial charge in [-0.1, -0.05) is 6.07 Å². The van der Waals surface area contributed by atoms with Gasteiger partial charge < -0.3 is 4.74 Å². The van der Waals surface area contributed by atoms with E-state index in [9.17, 15) is 13.2 Å². The number of amidine groups is 1. The maximum Gasteiger partial charge on any atom is 0.338 e. The molecule has 7 nitrogen and oxygen atoms in total. The molecular weight excluding hydrogens is 330 g/mol. The van der Waals surface area contributed by atoms with E-state index in [2.05, 4.69) is 9.38 Å². The Morgan fingerprint density at radius 3 is 2.79 bits per heavy atom. The van der Waals surface area contributed by atoms with E-state index in [4.69, 9.17) is 4.74 Å². The second-order valence-electron chi connectivity index (χ2n) is 5.04. The number of anilines is 2. The van der Waals surface area contributed by atoms with E-state index in [1.165, 1.54) is 12.3 Å². The molecule has 124 valence electrons. The van der Waals surface area contributed by atoms with E-state index in [1.54, 1.807) is 49.1 Å². The Bertz CT molecular complexity index is 938. The van der Waals surface area contributed by atoms with Gasteiger partial charge in [0.1, 0.15) is 10.7 Å². The van der Waals surface area contributed by atoms with Crippen LogP contribution in [0, 0.1) is 0 Å². The summed E-state index contributed by atoms with van der Waals surface area (Å²) in [6, 6.07) is 9.69. The maximum absolute atomic E-state index is 12.2. The fourth-order valence-corrected chi connectivity index (χ4v) is 3.62. The molecule has 0 amide bonds. The molecule has 0 spiro atoms. The summed E-state index contributed by atoms with van der Waals surface area (Å²) in [5, 5.41) is 0. The molecule has 1 aliphatic heterocycles. The van der Waals surface area contributed by atoms with Crippen LogP contribution in [0.1, 0.15) is 24.2 Å². The van der Waals surface area contributed by atoms with Gasteiger partial charge in [0.2, 0.25) is 0 Å². The van der Waals surface area contributed by atoms with Gasteiger partial charge in [-0.3, -0.25) is 4.90 Å². The number of hydrogen-bond donors (Lipinski definition) is 0. The van der Waals surface area contributed by atoms with Crippen LogP contribution in [-0.4, -0.2) is 31.8 Å². The predicted octanol–water partition coefficient (Wildman–Crippen LogP) is 2.52. The summed E-state index contributed by atoms with van der Waals surface area (Å²) < 4.78 is 33.2. The smallest absolute Gasteiger partial charge is 0.338 e. The Morgan fingerprint density at radius 1 is 1.25 bits per heavy atom. The van der Waals surface area contributed by atoms with Crippen molar-refractivity contribution in [3.63, 3.8) is 0 Å². The first-order chi connectivity index (χ1) is 11.4. The molecule has 0 saturated carbocycles. The number of carbonyl (C=O) groups is 1. The summed E-state index contributed by atoms with van der Waals surface area (Å²) in [7, 11) is -3.78. The highest BCUT2D eigenvalue weighted by atomic mass is 32.2. The average Bonchev–Trinajstić information content (AvgIpc) is 2.55. The molecule has 0 radical (unpaired) electrons. The van der Waals surface area contributed by atoms with Crippen molar-refractivity contribution in [1.29, 1.82) is 0 Å². The molecule has 24 heavy (non-hydrogen) atoms. The van der Waals surface area contributed by atoms with Gasteiger partial charge in [0, 0.05) is 11.9 Å². The lowest BCUT2D eigenvalue weighted by molar-refractivity contribution is 0.0526. The lowest BCUT2D eigenvalue weighted by Crippen LogP contribution is -2.30. The average molecular weight is 345 g/mol. The zero-order chi connectivity index (χ0) is 17.3. The van der Waals surface area contributed by atoms with Gasteiger partial charge in [-0.2, -0.15) is 8.42 Å². The second kappa shape index (κ2) is 6.04. The molecule has 0 bridgehead atoms. The number of esters is 1. The van der Waals surface area contributed by atoms with Gasteiger partial charge >= 0.3 is 5.97 Å². The fraction of sp³-hybridized carbons (Fsp3) is 0.188. The van der Waals surface area contributed by atoms with E-state index in [1.807, 2.05) is 0 Å². The van der Waals surface area contributed by atoms with Crippen LogP contribution in [0.25, 0.3) is 0 Å². The van der Waals surface area contributed by atoms with E-state index in [-0.39, 0.29) is 23.2 Å². The summed E-state index contributed by atoms with van der Waals surface area (Å²) >= 11 is 0. The van der Waals surface area contributed by atoms with E-state index in [0.29, 0.717) is 11.3 Å². The number of aromatic nitrogens is 1. The van der Waals surface area contributed by atoms with Crippen molar-refractivity contribution < 1.29 is 17.9 Å². The van der Waals surface area contributed by atoms with Crippen LogP contribution < -0.4 is 4.90 Å². The molecule has 2 heterocycles. The number of pyridine rings is 1. The molecule has 0 atom stereocenters. The maximum atomic E-state index is 12.2. The minimum absolute atomic E-state index is 0.0251. The van der Waals surface area contributed by atoms with Crippen molar-refractivity contribution in [3.05, 3.63) is 48.2 Å². The first kappa shape index (κ1) is 16.1. The zero-order valence-electron chi connectivity index (χ0n) is 13.1. The molecule has 8 heteroatoms. The zero-order valence-corrected chi connectivity index (χ0v) is 13.9. The van der Waals surface area contributed by atoms with Gasteiger partial charge in [-0.25, -0.2) is 9.78 Å². The predicted molar refractivity (Wildman–Crippen MR) is 89.1 cm³/mol. The van der Waals surface area contributed by atoms with Crippen molar-refractivity contribution in [2.75, 3.05) is 11.5 Å². The molecular formula is C16H15N3O4S. The van der Waals surface area contributed by atoms with Crippen molar-refractivity contribution in [2.45, 2.75) is 18.7 Å². The highest BCUT2D eigenvalue weighted by Gasteiger charge is 2.31. The number of fused-ring (bicyclic) bond motifs is 1. The van der Waals surface area contributed by atoms with Gasteiger partial charge in [0.15, 0.2) is 5.82 Å². The Balaban J connectivity index is 2.13. The van der Waals surface area contributed by atoms with Crippen molar-refractivity contribution in [3.8, 4) is 0 Å². The molecule has 0 unspecified atom stereocenters. The molecule has 3 rings (SSSR count). The summed E-state index contributed by atoms with van der Waals surface area (Å²) in [4.78, 5) is 17.7. The largest absolute Gasteiger partial charge is 0.462 e. The molecule has 0 fully saturated rings. The van der Waals surface area contributed by atoms with Crippen LogP contribution in [0.4, 0.5) is 11.5 Å². The Kier molecular flexibility index (Phi) is 4.06. The van der Waals surface area contributed by atoms with Crippen molar-refractivity contribution in [1.82, 2.24) is 4.98 Å². The number of hydrogen-bond acceptors (Lipinski definition) is 6. The van der Waals surface area contributed by atoms with Crippen molar-refractivity contribution in [2.24, 2.45) is 4.40 Å². The quantitative estimate of drug-likeness (QED) is 0.794. The third kappa shape index (κ3) is 2.76. The Hall–Kier alpha value is -2.74. The minimum atomic E-state index is -3.78. The molecule has 0 aliphatic carbocycles. The van der Waals surface area contributed by atoms with Crippen molar-refractivity contribution >= 4 is 33.3 Å². The topological polar surface area (TPSA) is 88.9 Å². The number of ether oxygens (including phenoxy) is 1. The third-order valence-electron chi connectivity index (χ3n) is 3.43. The summed E-state index contributed by atoms with van der Waals surface area (Å²) in [5.41, 5.74) is 0.949. The first-order valence-corrected chi connectivity index (χ1v) is 8.72. The molecule has 1 aliphatic rings. The van der Waals surface area contributed by atoms with Crippen LogP contribution in [-0.2, 0) is 14.8 Å². The fourth-order valence-electron chi connectivity index (χ4n) is 2.46.